The predicted molar refractivity (Wildman–Crippen MR) is 94.8 cm³/mol. The molecular formula is C17H16N6OS. The zero-order chi connectivity index (χ0) is 17.6. The first kappa shape index (κ1) is 15.6. The molecule has 0 bridgehead atoms. The van der Waals surface area contributed by atoms with Crippen molar-refractivity contribution in [2.75, 3.05) is 0 Å². The van der Waals surface area contributed by atoms with Crippen LogP contribution in [0.25, 0.3) is 16.8 Å². The second-order valence-corrected chi connectivity index (χ2v) is 6.93. The molecule has 126 valence electrons. The number of carbonyl (C=O) groups excluding carboxylic acids is 1. The number of aryl methyl sites for hydroxylation is 3. The molecule has 0 atom stereocenters. The van der Waals surface area contributed by atoms with E-state index in [1.165, 1.54) is 11.3 Å². The molecule has 8 heteroatoms. The van der Waals surface area contributed by atoms with Gasteiger partial charge in [-0.05, 0) is 19.9 Å². The van der Waals surface area contributed by atoms with E-state index < -0.39 is 0 Å². The Hall–Kier alpha value is -2.87. The second kappa shape index (κ2) is 5.89. The average Bonchev–Trinajstić information content (AvgIpc) is 3.26. The summed E-state index contributed by atoms with van der Waals surface area (Å²) in [5, 5.41) is 15.2. The van der Waals surface area contributed by atoms with Gasteiger partial charge in [0, 0.05) is 41.6 Å². The fraction of sp³-hybridized carbons (Fsp3) is 0.235. The first-order valence-corrected chi connectivity index (χ1v) is 8.67. The molecule has 0 aliphatic heterocycles. The van der Waals surface area contributed by atoms with E-state index in [0.29, 0.717) is 11.2 Å². The Morgan fingerprint density at radius 2 is 2.12 bits per heavy atom. The van der Waals surface area contributed by atoms with Crippen LogP contribution in [0.4, 0.5) is 0 Å². The zero-order valence-electron chi connectivity index (χ0n) is 14.1. The van der Waals surface area contributed by atoms with Crippen molar-refractivity contribution in [1.29, 1.82) is 0 Å². The highest BCUT2D eigenvalue weighted by molar-refractivity contribution is 7.09. The predicted octanol–water partition coefficient (Wildman–Crippen LogP) is 2.63. The minimum absolute atomic E-state index is 0.0178. The van der Waals surface area contributed by atoms with Crippen molar-refractivity contribution in [2.24, 2.45) is 7.05 Å². The van der Waals surface area contributed by atoms with E-state index in [2.05, 4.69) is 20.3 Å². The highest BCUT2D eigenvalue weighted by Crippen LogP contribution is 2.26. The number of fused-ring (bicyclic) bond motifs is 1. The summed E-state index contributed by atoms with van der Waals surface area (Å²) in [4.78, 5) is 17.3. The highest BCUT2D eigenvalue weighted by Gasteiger charge is 2.18. The summed E-state index contributed by atoms with van der Waals surface area (Å²) in [6.07, 6.45) is 5.73. The molecular weight excluding hydrogens is 336 g/mol. The van der Waals surface area contributed by atoms with E-state index in [0.717, 1.165) is 27.5 Å². The lowest BCUT2D eigenvalue weighted by Gasteiger charge is -2.06. The molecule has 0 aromatic carbocycles. The first-order valence-electron chi connectivity index (χ1n) is 7.79. The van der Waals surface area contributed by atoms with Crippen LogP contribution in [-0.4, -0.2) is 35.1 Å². The summed E-state index contributed by atoms with van der Waals surface area (Å²) >= 11 is 1.50. The summed E-state index contributed by atoms with van der Waals surface area (Å²) < 4.78 is 3.54. The summed E-state index contributed by atoms with van der Waals surface area (Å²) in [6, 6.07) is 1.87. The second-order valence-electron chi connectivity index (χ2n) is 5.99. The number of hydrogen-bond donors (Lipinski definition) is 0. The van der Waals surface area contributed by atoms with E-state index >= 15 is 0 Å². The van der Waals surface area contributed by atoms with Crippen molar-refractivity contribution in [3.63, 3.8) is 0 Å². The monoisotopic (exact) mass is 352 g/mol. The quantitative estimate of drug-likeness (QED) is 0.528. The number of Topliss-reactive ketones (excluding diaryl/α,β-unsaturated/α-hetero) is 1. The van der Waals surface area contributed by atoms with Crippen molar-refractivity contribution in [1.82, 2.24) is 29.4 Å². The molecule has 0 fully saturated rings. The maximum absolute atomic E-state index is 12.9. The fourth-order valence-corrected chi connectivity index (χ4v) is 3.66. The van der Waals surface area contributed by atoms with Crippen LogP contribution in [0.1, 0.15) is 26.8 Å². The number of ketones is 1. The molecule has 0 aliphatic carbocycles. The summed E-state index contributed by atoms with van der Waals surface area (Å²) in [5.74, 6) is -0.0178. The van der Waals surface area contributed by atoms with Gasteiger partial charge in [-0.25, -0.2) is 4.98 Å². The molecule has 0 spiro atoms. The van der Waals surface area contributed by atoms with Crippen LogP contribution < -0.4 is 0 Å². The van der Waals surface area contributed by atoms with Crippen molar-refractivity contribution >= 4 is 22.8 Å². The number of nitrogens with zero attached hydrogens (tertiary/aromatic N) is 6. The molecule has 4 aromatic heterocycles. The normalized spacial score (nSPS) is 11.3. The lowest BCUT2D eigenvalue weighted by atomic mass is 10.0. The van der Waals surface area contributed by atoms with E-state index in [1.54, 1.807) is 15.4 Å². The smallest absolute Gasteiger partial charge is 0.173 e. The van der Waals surface area contributed by atoms with Crippen molar-refractivity contribution in [3.05, 3.63) is 52.1 Å². The van der Waals surface area contributed by atoms with Crippen LogP contribution >= 0.6 is 11.3 Å². The van der Waals surface area contributed by atoms with Gasteiger partial charge in [-0.15, -0.1) is 21.5 Å². The van der Waals surface area contributed by atoms with Gasteiger partial charge in [-0.1, -0.05) is 0 Å². The molecule has 4 aromatic rings. The van der Waals surface area contributed by atoms with E-state index in [4.69, 9.17) is 0 Å². The Kier molecular flexibility index (Phi) is 3.69. The topological polar surface area (TPSA) is 78.0 Å². The first-order chi connectivity index (χ1) is 12.0. The Bertz CT molecular complexity index is 1090. The third kappa shape index (κ3) is 2.85. The van der Waals surface area contributed by atoms with E-state index in [9.17, 15) is 4.79 Å². The fourth-order valence-electron chi connectivity index (χ4n) is 2.89. The molecule has 0 unspecified atom stereocenters. The summed E-state index contributed by atoms with van der Waals surface area (Å²) in [7, 11) is 1.88. The lowest BCUT2D eigenvalue weighted by molar-refractivity contribution is 0.0994. The Morgan fingerprint density at radius 1 is 1.28 bits per heavy atom. The zero-order valence-corrected chi connectivity index (χ0v) is 14.9. The third-order valence-corrected chi connectivity index (χ3v) is 4.96. The minimum atomic E-state index is -0.0178. The van der Waals surface area contributed by atoms with Crippen molar-refractivity contribution in [2.45, 2.75) is 20.3 Å². The van der Waals surface area contributed by atoms with Gasteiger partial charge in [0.1, 0.15) is 11.3 Å². The lowest BCUT2D eigenvalue weighted by Crippen LogP contribution is -2.07. The van der Waals surface area contributed by atoms with Crippen LogP contribution in [0, 0.1) is 13.8 Å². The standard InChI is InChI=1S/C17H16N6OS/c1-10-8-25-16(19-10)5-15(24)13-4-12(6-23-9-18-20-17(13)23)14-7-22(3)21-11(14)2/h4,6-9H,5H2,1-3H3. The molecule has 4 rings (SSSR count). The number of thiazole rings is 1. The Morgan fingerprint density at radius 3 is 2.80 bits per heavy atom. The van der Waals surface area contributed by atoms with Crippen molar-refractivity contribution < 1.29 is 4.79 Å². The number of carbonyl (C=O) groups is 1. The average molecular weight is 352 g/mol. The molecule has 0 N–H and O–H groups in total. The van der Waals surface area contributed by atoms with E-state index in [-0.39, 0.29) is 12.2 Å². The molecule has 0 amide bonds. The van der Waals surface area contributed by atoms with Gasteiger partial charge < -0.3 is 0 Å². The molecule has 0 saturated heterocycles. The molecule has 25 heavy (non-hydrogen) atoms. The van der Waals surface area contributed by atoms with Crippen LogP contribution in [0.3, 0.4) is 0 Å². The van der Waals surface area contributed by atoms with Gasteiger partial charge in [-0.3, -0.25) is 13.9 Å². The van der Waals surface area contributed by atoms with Crippen LogP contribution in [0.2, 0.25) is 0 Å². The molecule has 7 nitrogen and oxygen atoms in total. The molecule has 0 aliphatic rings. The Balaban J connectivity index is 1.81. The van der Waals surface area contributed by atoms with Gasteiger partial charge in [0.15, 0.2) is 11.4 Å². The summed E-state index contributed by atoms with van der Waals surface area (Å²) in [6.45, 7) is 3.87. The molecule has 0 saturated carbocycles. The maximum Gasteiger partial charge on any atom is 0.173 e. The minimum Gasteiger partial charge on any atom is -0.294 e. The molecule has 4 heterocycles. The number of pyridine rings is 1. The molecule has 0 radical (unpaired) electrons. The third-order valence-electron chi connectivity index (χ3n) is 4.00. The maximum atomic E-state index is 12.9. The number of hydrogen-bond acceptors (Lipinski definition) is 6. The van der Waals surface area contributed by atoms with Crippen LogP contribution in [0.5, 0.6) is 0 Å². The number of rotatable bonds is 4. The van der Waals surface area contributed by atoms with E-state index in [1.807, 2.05) is 44.7 Å². The highest BCUT2D eigenvalue weighted by atomic mass is 32.1. The number of aromatic nitrogens is 6. The SMILES string of the molecule is Cc1csc(CC(=O)c2cc(-c3cn(C)nc3C)cn3cnnc23)n1. The van der Waals surface area contributed by atoms with Gasteiger partial charge in [0.25, 0.3) is 0 Å². The van der Waals surface area contributed by atoms with Crippen molar-refractivity contribution in [3.8, 4) is 11.1 Å². The van der Waals surface area contributed by atoms with Crippen LogP contribution in [0.15, 0.2) is 30.2 Å². The van der Waals surface area contributed by atoms with Gasteiger partial charge in [-0.2, -0.15) is 5.10 Å². The largest absolute Gasteiger partial charge is 0.294 e. The Labute approximate surface area is 148 Å². The van der Waals surface area contributed by atoms with Gasteiger partial charge >= 0.3 is 0 Å². The van der Waals surface area contributed by atoms with Gasteiger partial charge in [0.05, 0.1) is 17.7 Å². The van der Waals surface area contributed by atoms with Gasteiger partial charge in [0.2, 0.25) is 0 Å². The van der Waals surface area contributed by atoms with Crippen LogP contribution in [-0.2, 0) is 13.5 Å². The summed E-state index contributed by atoms with van der Waals surface area (Å²) in [5.41, 5.74) is 4.84.